The van der Waals surface area contributed by atoms with Gasteiger partial charge in [-0.25, -0.2) is 4.39 Å². The molecule has 1 amide bonds. The maximum atomic E-state index is 14.2. The highest BCUT2D eigenvalue weighted by Crippen LogP contribution is 2.37. The molecule has 0 spiro atoms. The Bertz CT molecular complexity index is 538. The molecule has 4 nitrogen and oxygen atoms in total. The van der Waals surface area contributed by atoms with Crippen LogP contribution in [-0.4, -0.2) is 35.1 Å². The van der Waals surface area contributed by atoms with Crippen LogP contribution in [0.3, 0.4) is 0 Å². The normalized spacial score (nSPS) is 26.3. The van der Waals surface area contributed by atoms with Gasteiger partial charge in [0.2, 0.25) is 0 Å². The number of carbonyl (C=O) groups excluding carboxylic acids is 1. The summed E-state index contributed by atoms with van der Waals surface area (Å²) in [6, 6.07) is 2.89. The molecule has 2 aliphatic rings. The van der Waals surface area contributed by atoms with Gasteiger partial charge in [-0.3, -0.25) is 4.79 Å². The first kappa shape index (κ1) is 12.7. The predicted octanol–water partition coefficient (Wildman–Crippen LogP) is 1.75. The summed E-state index contributed by atoms with van der Waals surface area (Å²) < 4.78 is 14.2. The van der Waals surface area contributed by atoms with E-state index in [0.717, 1.165) is 18.8 Å². The molecule has 1 saturated heterocycles. The Labute approximate surface area is 115 Å². The lowest BCUT2D eigenvalue weighted by atomic mass is 10.1. The summed E-state index contributed by atoms with van der Waals surface area (Å²) in [5.74, 6) is 0.0923. The quantitative estimate of drug-likeness (QED) is 0.824. The van der Waals surface area contributed by atoms with E-state index in [-0.39, 0.29) is 5.82 Å². The van der Waals surface area contributed by atoms with Crippen molar-refractivity contribution in [3.63, 3.8) is 0 Å². The zero-order chi connectivity index (χ0) is 13.6. The SMILES string of the molecule is CC1CN(c2cc3c(cc2F)C(O)C(=O)N3)CCS1. The molecule has 1 aromatic rings. The number of aliphatic hydroxyl groups is 1. The number of amides is 1. The van der Waals surface area contributed by atoms with Crippen molar-refractivity contribution >= 4 is 29.0 Å². The minimum atomic E-state index is -1.26. The van der Waals surface area contributed by atoms with Crippen LogP contribution in [0.2, 0.25) is 0 Å². The Hall–Kier alpha value is -1.27. The number of aliphatic hydroxyl groups excluding tert-OH is 1. The molecule has 102 valence electrons. The molecule has 0 aromatic heterocycles. The van der Waals surface area contributed by atoms with Crippen molar-refractivity contribution in [3.8, 4) is 0 Å². The van der Waals surface area contributed by atoms with Gasteiger partial charge in [0, 0.05) is 35.3 Å². The van der Waals surface area contributed by atoms with Crippen molar-refractivity contribution < 1.29 is 14.3 Å². The number of anilines is 2. The average molecular weight is 282 g/mol. The molecule has 0 bridgehead atoms. The van der Waals surface area contributed by atoms with Gasteiger partial charge in [0.25, 0.3) is 5.91 Å². The van der Waals surface area contributed by atoms with Gasteiger partial charge in [-0.2, -0.15) is 11.8 Å². The van der Waals surface area contributed by atoms with E-state index in [1.807, 2.05) is 16.7 Å². The molecule has 1 fully saturated rings. The van der Waals surface area contributed by atoms with Crippen LogP contribution in [0.25, 0.3) is 0 Å². The number of nitrogens with one attached hydrogen (secondary N) is 1. The molecule has 1 aromatic carbocycles. The molecule has 2 heterocycles. The molecule has 0 aliphatic carbocycles. The molecule has 2 unspecified atom stereocenters. The third-order valence-electron chi connectivity index (χ3n) is 3.50. The van der Waals surface area contributed by atoms with E-state index in [1.165, 1.54) is 6.07 Å². The molecule has 2 atom stereocenters. The monoisotopic (exact) mass is 282 g/mol. The van der Waals surface area contributed by atoms with Crippen molar-refractivity contribution in [2.75, 3.05) is 29.1 Å². The van der Waals surface area contributed by atoms with Crippen LogP contribution >= 0.6 is 11.8 Å². The predicted molar refractivity (Wildman–Crippen MR) is 74.1 cm³/mol. The van der Waals surface area contributed by atoms with E-state index in [1.54, 1.807) is 6.07 Å². The van der Waals surface area contributed by atoms with E-state index < -0.39 is 12.0 Å². The number of rotatable bonds is 1. The Balaban J connectivity index is 1.95. The van der Waals surface area contributed by atoms with Crippen molar-refractivity contribution in [2.24, 2.45) is 0 Å². The summed E-state index contributed by atoms with van der Waals surface area (Å²) in [6.45, 7) is 3.70. The van der Waals surface area contributed by atoms with Crippen LogP contribution in [0.4, 0.5) is 15.8 Å². The Kier molecular flexibility index (Phi) is 3.14. The van der Waals surface area contributed by atoms with Crippen molar-refractivity contribution in [3.05, 3.63) is 23.5 Å². The van der Waals surface area contributed by atoms with Gasteiger partial charge >= 0.3 is 0 Å². The lowest BCUT2D eigenvalue weighted by Crippen LogP contribution is -2.37. The summed E-state index contributed by atoms with van der Waals surface area (Å²) >= 11 is 1.87. The second kappa shape index (κ2) is 4.68. The molecule has 3 rings (SSSR count). The average Bonchev–Trinajstić information content (AvgIpc) is 2.65. The highest BCUT2D eigenvalue weighted by atomic mass is 32.2. The van der Waals surface area contributed by atoms with Crippen LogP contribution in [0.15, 0.2) is 12.1 Å². The number of thioether (sulfide) groups is 1. The fourth-order valence-electron chi connectivity index (χ4n) is 2.53. The number of hydrogen-bond donors (Lipinski definition) is 2. The topological polar surface area (TPSA) is 52.6 Å². The molecule has 6 heteroatoms. The third-order valence-corrected chi connectivity index (χ3v) is 4.64. The second-order valence-electron chi connectivity index (χ2n) is 4.91. The smallest absolute Gasteiger partial charge is 0.257 e. The van der Waals surface area contributed by atoms with Crippen molar-refractivity contribution in [2.45, 2.75) is 18.3 Å². The second-order valence-corrected chi connectivity index (χ2v) is 6.46. The first-order valence-corrected chi connectivity index (χ1v) is 7.30. The van der Waals surface area contributed by atoms with Crippen LogP contribution in [-0.2, 0) is 4.79 Å². The minimum absolute atomic E-state index is 0.325. The fourth-order valence-corrected chi connectivity index (χ4v) is 3.55. The zero-order valence-electron chi connectivity index (χ0n) is 10.5. The lowest BCUT2D eigenvalue weighted by molar-refractivity contribution is -0.123. The molecular formula is C13H15FN2O2S. The van der Waals surface area contributed by atoms with Gasteiger partial charge in [-0.1, -0.05) is 6.92 Å². The Morgan fingerprint density at radius 2 is 2.32 bits per heavy atom. The van der Waals surface area contributed by atoms with Gasteiger partial charge in [0.05, 0.1) is 5.69 Å². The number of carbonyl (C=O) groups is 1. The van der Waals surface area contributed by atoms with E-state index >= 15 is 0 Å². The van der Waals surface area contributed by atoms with E-state index in [2.05, 4.69) is 12.2 Å². The van der Waals surface area contributed by atoms with Gasteiger partial charge in [0.1, 0.15) is 5.82 Å². The van der Waals surface area contributed by atoms with Gasteiger partial charge in [-0.15, -0.1) is 0 Å². The van der Waals surface area contributed by atoms with E-state index in [0.29, 0.717) is 22.2 Å². The van der Waals surface area contributed by atoms with Gasteiger partial charge < -0.3 is 15.3 Å². The zero-order valence-corrected chi connectivity index (χ0v) is 11.3. The Morgan fingerprint density at radius 3 is 3.05 bits per heavy atom. The minimum Gasteiger partial charge on any atom is -0.378 e. The number of benzene rings is 1. The van der Waals surface area contributed by atoms with E-state index in [4.69, 9.17) is 0 Å². The first-order valence-electron chi connectivity index (χ1n) is 6.25. The lowest BCUT2D eigenvalue weighted by Gasteiger charge is -2.32. The van der Waals surface area contributed by atoms with Gasteiger partial charge in [-0.05, 0) is 12.1 Å². The number of hydrogen-bond acceptors (Lipinski definition) is 4. The van der Waals surface area contributed by atoms with Crippen molar-refractivity contribution in [1.29, 1.82) is 0 Å². The first-order chi connectivity index (χ1) is 9.06. The molecule has 2 N–H and O–H groups in total. The summed E-state index contributed by atoms with van der Waals surface area (Å²) in [7, 11) is 0. The molecular weight excluding hydrogens is 267 g/mol. The molecule has 0 saturated carbocycles. The van der Waals surface area contributed by atoms with Crippen LogP contribution < -0.4 is 10.2 Å². The van der Waals surface area contributed by atoms with Crippen LogP contribution in [0.5, 0.6) is 0 Å². The summed E-state index contributed by atoms with van der Waals surface area (Å²) in [4.78, 5) is 13.4. The molecule has 0 radical (unpaired) electrons. The van der Waals surface area contributed by atoms with Crippen molar-refractivity contribution in [1.82, 2.24) is 0 Å². The molecule has 2 aliphatic heterocycles. The largest absolute Gasteiger partial charge is 0.378 e. The summed E-state index contributed by atoms with van der Waals surface area (Å²) in [5, 5.41) is 12.7. The van der Waals surface area contributed by atoms with Crippen LogP contribution in [0, 0.1) is 5.82 Å². The standard InChI is InChI=1S/C13H15FN2O2S/c1-7-6-16(2-3-19-7)11-5-10-8(4-9(11)14)12(17)13(18)15-10/h4-5,7,12,17H,2-3,6H2,1H3,(H,15,18). The highest BCUT2D eigenvalue weighted by Gasteiger charge is 2.31. The molecule has 19 heavy (non-hydrogen) atoms. The van der Waals surface area contributed by atoms with E-state index in [9.17, 15) is 14.3 Å². The Morgan fingerprint density at radius 1 is 1.53 bits per heavy atom. The number of nitrogens with zero attached hydrogens (tertiary/aromatic N) is 1. The van der Waals surface area contributed by atoms with Gasteiger partial charge in [0.15, 0.2) is 6.10 Å². The maximum Gasteiger partial charge on any atom is 0.257 e. The number of halogens is 1. The van der Waals surface area contributed by atoms with Crippen LogP contribution in [0.1, 0.15) is 18.6 Å². The maximum absolute atomic E-state index is 14.2. The summed E-state index contributed by atoms with van der Waals surface area (Å²) in [5.41, 5.74) is 1.34. The highest BCUT2D eigenvalue weighted by molar-refractivity contribution is 8.00. The third kappa shape index (κ3) is 2.19. The number of fused-ring (bicyclic) bond motifs is 1. The summed E-state index contributed by atoms with van der Waals surface area (Å²) in [6.07, 6.45) is -1.26. The fraction of sp³-hybridized carbons (Fsp3) is 0.462.